The minimum Gasteiger partial charge on any atom is -0.484 e. The van der Waals surface area contributed by atoms with Crippen LogP contribution >= 0.6 is 0 Å². The van der Waals surface area contributed by atoms with Gasteiger partial charge in [-0.25, -0.2) is 4.68 Å². The molecule has 0 spiro atoms. The van der Waals surface area contributed by atoms with Crippen LogP contribution in [0.3, 0.4) is 0 Å². The van der Waals surface area contributed by atoms with Gasteiger partial charge in [-0.2, -0.15) is 5.10 Å². The second kappa shape index (κ2) is 7.89. The van der Waals surface area contributed by atoms with Crippen LogP contribution in [0, 0.1) is 6.92 Å². The number of hydrogen-bond donors (Lipinski definition) is 1. The first-order valence-electron chi connectivity index (χ1n) is 9.76. The van der Waals surface area contributed by atoms with Crippen molar-refractivity contribution in [1.29, 1.82) is 0 Å². The maximum atomic E-state index is 12.4. The largest absolute Gasteiger partial charge is 0.484 e. The van der Waals surface area contributed by atoms with E-state index in [0.29, 0.717) is 0 Å². The van der Waals surface area contributed by atoms with Crippen molar-refractivity contribution in [3.05, 3.63) is 77.1 Å². The van der Waals surface area contributed by atoms with E-state index >= 15 is 0 Å². The monoisotopic (exact) mass is 375 g/mol. The third-order valence-corrected chi connectivity index (χ3v) is 5.33. The van der Waals surface area contributed by atoms with Gasteiger partial charge in [-0.3, -0.25) is 4.79 Å². The molecule has 0 fully saturated rings. The molecule has 3 aromatic rings. The van der Waals surface area contributed by atoms with Crippen molar-refractivity contribution in [2.24, 2.45) is 0 Å². The van der Waals surface area contributed by atoms with Crippen LogP contribution in [0.2, 0.25) is 0 Å². The summed E-state index contributed by atoms with van der Waals surface area (Å²) >= 11 is 0. The van der Waals surface area contributed by atoms with E-state index in [0.717, 1.165) is 35.5 Å². The Balaban J connectivity index is 1.36. The van der Waals surface area contributed by atoms with E-state index < -0.39 is 0 Å². The molecule has 2 aromatic carbocycles. The van der Waals surface area contributed by atoms with E-state index in [1.54, 1.807) is 0 Å². The number of nitrogens with one attached hydrogen (secondary N) is 1. The zero-order valence-electron chi connectivity index (χ0n) is 16.3. The van der Waals surface area contributed by atoms with Crippen LogP contribution in [0.25, 0.3) is 5.69 Å². The molecule has 1 heterocycles. The Labute approximate surface area is 165 Å². The molecule has 4 rings (SSSR count). The number of carbonyl (C=O) groups is 1. The van der Waals surface area contributed by atoms with E-state index in [9.17, 15) is 4.79 Å². The summed E-state index contributed by atoms with van der Waals surface area (Å²) in [4.78, 5) is 12.4. The number of carbonyl (C=O) groups excluding carboxylic acids is 1. The summed E-state index contributed by atoms with van der Waals surface area (Å²) in [5, 5.41) is 7.48. The maximum absolute atomic E-state index is 12.4. The second-order valence-electron chi connectivity index (χ2n) is 7.29. The molecule has 1 N–H and O–H groups in total. The summed E-state index contributed by atoms with van der Waals surface area (Å²) in [7, 11) is 0. The third-order valence-electron chi connectivity index (χ3n) is 5.33. The first kappa shape index (κ1) is 18.3. The minimum atomic E-state index is -0.145. The Morgan fingerprint density at radius 2 is 1.96 bits per heavy atom. The number of aryl methyl sites for hydroxylation is 2. The lowest BCUT2D eigenvalue weighted by Gasteiger charge is -2.15. The van der Waals surface area contributed by atoms with Gasteiger partial charge in [0.05, 0.1) is 17.9 Å². The Bertz CT molecular complexity index is 979. The fraction of sp³-hybridized carbons (Fsp3) is 0.304. The Morgan fingerprint density at radius 3 is 2.79 bits per heavy atom. The van der Waals surface area contributed by atoms with Crippen molar-refractivity contribution in [2.75, 3.05) is 6.61 Å². The van der Waals surface area contributed by atoms with Crippen molar-refractivity contribution < 1.29 is 9.53 Å². The summed E-state index contributed by atoms with van der Waals surface area (Å²) in [6.45, 7) is 3.99. The van der Waals surface area contributed by atoms with Gasteiger partial charge in [0, 0.05) is 11.3 Å². The minimum absolute atomic E-state index is 0.00893. The van der Waals surface area contributed by atoms with Crippen LogP contribution < -0.4 is 10.1 Å². The highest BCUT2D eigenvalue weighted by atomic mass is 16.5. The molecule has 0 aliphatic heterocycles. The predicted octanol–water partition coefficient (Wildman–Crippen LogP) is 3.93. The molecule has 5 nitrogen and oxygen atoms in total. The van der Waals surface area contributed by atoms with Crippen LogP contribution in [-0.2, 0) is 17.6 Å². The van der Waals surface area contributed by atoms with Crippen molar-refractivity contribution in [2.45, 2.75) is 39.2 Å². The van der Waals surface area contributed by atoms with Gasteiger partial charge in [-0.1, -0.05) is 24.3 Å². The van der Waals surface area contributed by atoms with Gasteiger partial charge in [-0.05, 0) is 68.5 Å². The average molecular weight is 375 g/mol. The molecule has 1 amide bonds. The molecule has 0 saturated heterocycles. The zero-order valence-corrected chi connectivity index (χ0v) is 16.3. The quantitative estimate of drug-likeness (QED) is 0.710. The third kappa shape index (κ3) is 3.79. The Hall–Kier alpha value is -3.08. The van der Waals surface area contributed by atoms with Crippen molar-refractivity contribution >= 4 is 5.91 Å². The molecule has 1 unspecified atom stereocenters. The van der Waals surface area contributed by atoms with Crippen LogP contribution in [0.15, 0.2) is 54.7 Å². The summed E-state index contributed by atoms with van der Waals surface area (Å²) in [5.74, 6) is 0.622. The van der Waals surface area contributed by atoms with E-state index in [1.807, 2.05) is 61.1 Å². The number of rotatable bonds is 6. The molecule has 0 saturated carbocycles. The normalized spacial score (nSPS) is 13.8. The number of hydrogen-bond acceptors (Lipinski definition) is 3. The smallest absolute Gasteiger partial charge is 0.258 e. The van der Waals surface area contributed by atoms with Gasteiger partial charge in [-0.15, -0.1) is 0 Å². The Morgan fingerprint density at radius 1 is 1.18 bits per heavy atom. The molecule has 28 heavy (non-hydrogen) atoms. The first-order valence-corrected chi connectivity index (χ1v) is 9.76. The fourth-order valence-electron chi connectivity index (χ4n) is 3.82. The molecule has 0 radical (unpaired) electrons. The van der Waals surface area contributed by atoms with E-state index in [-0.39, 0.29) is 18.6 Å². The van der Waals surface area contributed by atoms with Crippen LogP contribution in [0.4, 0.5) is 0 Å². The highest BCUT2D eigenvalue weighted by molar-refractivity contribution is 5.78. The lowest BCUT2D eigenvalue weighted by Crippen LogP contribution is -2.31. The second-order valence-corrected chi connectivity index (χ2v) is 7.29. The van der Waals surface area contributed by atoms with Crippen molar-refractivity contribution in [3.63, 3.8) is 0 Å². The highest BCUT2D eigenvalue weighted by Crippen LogP contribution is 2.26. The topological polar surface area (TPSA) is 56.1 Å². The van der Waals surface area contributed by atoms with E-state index in [1.165, 1.54) is 17.5 Å². The number of ether oxygens (including phenoxy) is 1. The molecule has 1 aliphatic rings. The SMILES string of the molecule is Cc1c(C(C)NC(=O)COc2ccc3c(c2)CCC3)cnn1-c1ccccc1. The van der Waals surface area contributed by atoms with E-state index in [4.69, 9.17) is 4.74 Å². The van der Waals surface area contributed by atoms with E-state index in [2.05, 4.69) is 22.5 Å². The lowest BCUT2D eigenvalue weighted by molar-refractivity contribution is -0.123. The number of benzene rings is 2. The number of aromatic nitrogens is 2. The van der Waals surface area contributed by atoms with Crippen LogP contribution in [0.5, 0.6) is 5.75 Å². The zero-order chi connectivity index (χ0) is 19.5. The van der Waals surface area contributed by atoms with Gasteiger partial charge in [0.25, 0.3) is 5.91 Å². The number of fused-ring (bicyclic) bond motifs is 1. The molecule has 1 aromatic heterocycles. The first-order chi connectivity index (χ1) is 13.6. The standard InChI is InChI=1S/C23H25N3O2/c1-16(22-14-24-26(17(22)2)20-9-4-3-5-10-20)25-23(27)15-28-21-12-11-18-7-6-8-19(18)13-21/h3-5,9-14,16H,6-8,15H2,1-2H3,(H,25,27). The predicted molar refractivity (Wildman–Crippen MR) is 109 cm³/mol. The molecule has 5 heteroatoms. The molecule has 0 bridgehead atoms. The van der Waals surface area contributed by atoms with Crippen LogP contribution in [-0.4, -0.2) is 22.3 Å². The summed E-state index contributed by atoms with van der Waals surface area (Å²) in [5.41, 5.74) is 5.75. The van der Waals surface area contributed by atoms with Crippen molar-refractivity contribution in [3.8, 4) is 11.4 Å². The van der Waals surface area contributed by atoms with Crippen molar-refractivity contribution in [1.82, 2.24) is 15.1 Å². The average Bonchev–Trinajstić information content (AvgIpc) is 3.33. The lowest BCUT2D eigenvalue weighted by atomic mass is 10.1. The summed E-state index contributed by atoms with van der Waals surface area (Å²) < 4.78 is 7.59. The maximum Gasteiger partial charge on any atom is 0.258 e. The van der Waals surface area contributed by atoms with Gasteiger partial charge < -0.3 is 10.1 Å². The fourth-order valence-corrected chi connectivity index (χ4v) is 3.82. The molecular weight excluding hydrogens is 350 g/mol. The number of para-hydroxylation sites is 1. The number of amides is 1. The Kier molecular flexibility index (Phi) is 5.15. The van der Waals surface area contributed by atoms with Gasteiger partial charge in [0.2, 0.25) is 0 Å². The van der Waals surface area contributed by atoms with Gasteiger partial charge in [0.1, 0.15) is 5.75 Å². The molecule has 1 atom stereocenters. The molecular formula is C23H25N3O2. The number of nitrogens with zero attached hydrogens (tertiary/aromatic N) is 2. The van der Waals surface area contributed by atoms with Crippen LogP contribution in [0.1, 0.15) is 41.8 Å². The molecule has 144 valence electrons. The van der Waals surface area contributed by atoms with Gasteiger partial charge in [0.15, 0.2) is 6.61 Å². The summed E-state index contributed by atoms with van der Waals surface area (Å²) in [6, 6.07) is 16.0. The van der Waals surface area contributed by atoms with Gasteiger partial charge >= 0.3 is 0 Å². The molecule has 1 aliphatic carbocycles. The summed E-state index contributed by atoms with van der Waals surface area (Å²) in [6.07, 6.45) is 5.26. The highest BCUT2D eigenvalue weighted by Gasteiger charge is 2.17.